The highest BCUT2D eigenvalue weighted by molar-refractivity contribution is 14.0. The van der Waals surface area contributed by atoms with Gasteiger partial charge in [0.1, 0.15) is 0 Å². The first-order valence-electron chi connectivity index (χ1n) is 10.9. The van der Waals surface area contributed by atoms with Crippen LogP contribution in [0.15, 0.2) is 23.2 Å². The molecule has 2 N–H and O–H groups in total. The van der Waals surface area contributed by atoms with Crippen LogP contribution in [0, 0.1) is 23.5 Å². The van der Waals surface area contributed by atoms with Gasteiger partial charge in [0.15, 0.2) is 17.6 Å². The van der Waals surface area contributed by atoms with Crippen molar-refractivity contribution in [3.8, 4) is 0 Å². The van der Waals surface area contributed by atoms with E-state index in [4.69, 9.17) is 4.74 Å². The summed E-state index contributed by atoms with van der Waals surface area (Å²) in [4.78, 5) is 8.97. The van der Waals surface area contributed by atoms with Crippen LogP contribution >= 0.6 is 24.0 Å². The number of nitrogens with zero attached hydrogens (tertiary/aromatic N) is 3. The number of hydrogen-bond acceptors (Lipinski definition) is 4. The van der Waals surface area contributed by atoms with Crippen molar-refractivity contribution in [1.82, 2.24) is 15.5 Å². The second-order valence-corrected chi connectivity index (χ2v) is 8.49. The van der Waals surface area contributed by atoms with Crippen LogP contribution in [0.25, 0.3) is 0 Å². The largest absolute Gasteiger partial charge is 0.379 e. The minimum absolute atomic E-state index is 0. The maximum absolute atomic E-state index is 13.5. The van der Waals surface area contributed by atoms with Gasteiger partial charge in [-0.2, -0.15) is 0 Å². The van der Waals surface area contributed by atoms with Gasteiger partial charge < -0.3 is 20.3 Å². The average Bonchev–Trinajstić information content (AvgIpc) is 3.22. The Labute approximate surface area is 201 Å². The molecular formula is C22H36F2IN5O. The second kappa shape index (κ2) is 12.7. The van der Waals surface area contributed by atoms with Crippen molar-refractivity contribution in [1.29, 1.82) is 0 Å². The molecule has 2 unspecified atom stereocenters. The molecule has 1 aromatic carbocycles. The summed E-state index contributed by atoms with van der Waals surface area (Å²) in [6.45, 7) is 11.3. The van der Waals surface area contributed by atoms with Crippen molar-refractivity contribution in [2.24, 2.45) is 16.8 Å². The smallest absolute Gasteiger partial charge is 0.191 e. The Hall–Kier alpha value is -1.20. The summed E-state index contributed by atoms with van der Waals surface area (Å²) in [7, 11) is 1.79. The Morgan fingerprint density at radius 3 is 2.55 bits per heavy atom. The maximum Gasteiger partial charge on any atom is 0.191 e. The van der Waals surface area contributed by atoms with Gasteiger partial charge in [0, 0.05) is 64.1 Å². The molecule has 9 heteroatoms. The third kappa shape index (κ3) is 7.42. The number of hydrogen-bond donors (Lipinski definition) is 2. The number of morpholine rings is 1. The number of guanidine groups is 1. The molecule has 2 fully saturated rings. The van der Waals surface area contributed by atoms with Crippen LogP contribution < -0.4 is 15.5 Å². The second-order valence-electron chi connectivity index (χ2n) is 8.49. The number of halogens is 3. The molecule has 2 heterocycles. The molecule has 2 aliphatic rings. The third-order valence-corrected chi connectivity index (χ3v) is 6.10. The Kier molecular flexibility index (Phi) is 10.7. The molecule has 31 heavy (non-hydrogen) atoms. The lowest BCUT2D eigenvalue weighted by Gasteiger charge is -2.37. The summed E-state index contributed by atoms with van der Waals surface area (Å²) in [5, 5.41) is 6.92. The molecule has 6 nitrogen and oxygen atoms in total. The van der Waals surface area contributed by atoms with Crippen LogP contribution in [-0.2, 0) is 4.74 Å². The van der Waals surface area contributed by atoms with E-state index in [-0.39, 0.29) is 24.0 Å². The van der Waals surface area contributed by atoms with Crippen molar-refractivity contribution < 1.29 is 13.5 Å². The molecule has 176 valence electrons. The van der Waals surface area contributed by atoms with Gasteiger partial charge in [-0.3, -0.25) is 9.89 Å². The molecule has 2 saturated heterocycles. The van der Waals surface area contributed by atoms with Crippen LogP contribution in [0.2, 0.25) is 0 Å². The summed E-state index contributed by atoms with van der Waals surface area (Å²) in [6, 6.07) is 4.56. The molecule has 0 spiro atoms. The molecule has 0 radical (unpaired) electrons. The van der Waals surface area contributed by atoms with E-state index in [1.165, 1.54) is 12.1 Å². The molecule has 3 rings (SSSR count). The average molecular weight is 551 g/mol. The monoisotopic (exact) mass is 551 g/mol. The maximum atomic E-state index is 13.5. The first-order chi connectivity index (χ1) is 14.5. The van der Waals surface area contributed by atoms with Gasteiger partial charge in [0.25, 0.3) is 0 Å². The molecule has 0 aromatic heterocycles. The summed E-state index contributed by atoms with van der Waals surface area (Å²) in [5.41, 5.74) is 0.740. The van der Waals surface area contributed by atoms with Crippen molar-refractivity contribution in [3.05, 3.63) is 29.8 Å². The first kappa shape index (κ1) is 26.1. The van der Waals surface area contributed by atoms with Crippen LogP contribution in [0.5, 0.6) is 0 Å². The number of anilines is 1. The van der Waals surface area contributed by atoms with E-state index in [2.05, 4.69) is 39.3 Å². The van der Waals surface area contributed by atoms with E-state index in [0.29, 0.717) is 17.9 Å². The lowest BCUT2D eigenvalue weighted by molar-refractivity contribution is 0.00752. The highest BCUT2D eigenvalue weighted by Crippen LogP contribution is 2.25. The molecule has 0 aliphatic carbocycles. The number of aliphatic imine (C=N–C) groups is 1. The Morgan fingerprint density at radius 2 is 1.90 bits per heavy atom. The van der Waals surface area contributed by atoms with Crippen LogP contribution in [0.1, 0.15) is 20.3 Å². The predicted molar refractivity (Wildman–Crippen MR) is 132 cm³/mol. The van der Waals surface area contributed by atoms with E-state index in [9.17, 15) is 8.78 Å². The van der Waals surface area contributed by atoms with Crippen LogP contribution in [-0.4, -0.2) is 76.4 Å². The Bertz CT molecular complexity index is 715. The number of rotatable bonds is 7. The third-order valence-electron chi connectivity index (χ3n) is 6.10. The quantitative estimate of drug-likeness (QED) is 0.310. The fourth-order valence-corrected chi connectivity index (χ4v) is 4.27. The number of nitrogens with one attached hydrogen (secondary N) is 2. The van der Waals surface area contributed by atoms with E-state index in [0.717, 1.165) is 70.6 Å². The summed E-state index contributed by atoms with van der Waals surface area (Å²) >= 11 is 0. The van der Waals surface area contributed by atoms with Gasteiger partial charge in [-0.05, 0) is 30.4 Å². The normalized spacial score (nSPS) is 21.2. The molecular weight excluding hydrogens is 515 g/mol. The highest BCUT2D eigenvalue weighted by atomic mass is 127. The van der Waals surface area contributed by atoms with Gasteiger partial charge >= 0.3 is 0 Å². The van der Waals surface area contributed by atoms with E-state index in [1.807, 2.05) is 0 Å². The Morgan fingerprint density at radius 1 is 1.16 bits per heavy atom. The standard InChI is InChI=1S/C22H35F2N5O.HI/c1-16(2)21(28-8-10-30-11-9-28)14-27-22(25-3)26-13-17-6-7-29(15-17)18-4-5-19(23)20(24)12-18;/h4-5,12,16-17,21H,6-11,13-15H2,1-3H3,(H2,25,26,27);1H. The van der Waals surface area contributed by atoms with Crippen LogP contribution in [0.3, 0.4) is 0 Å². The summed E-state index contributed by atoms with van der Waals surface area (Å²) in [6.07, 6.45) is 1.01. The first-order valence-corrected chi connectivity index (χ1v) is 10.9. The summed E-state index contributed by atoms with van der Waals surface area (Å²) < 4.78 is 32.2. The molecule has 0 amide bonds. The molecule has 2 aliphatic heterocycles. The van der Waals surface area contributed by atoms with Gasteiger partial charge in [0.2, 0.25) is 0 Å². The zero-order valence-corrected chi connectivity index (χ0v) is 21.1. The minimum atomic E-state index is -0.803. The van der Waals surface area contributed by atoms with E-state index >= 15 is 0 Å². The zero-order chi connectivity index (χ0) is 21.5. The van der Waals surface area contributed by atoms with Crippen molar-refractivity contribution in [2.45, 2.75) is 26.3 Å². The highest BCUT2D eigenvalue weighted by Gasteiger charge is 2.25. The van der Waals surface area contributed by atoms with E-state index in [1.54, 1.807) is 13.1 Å². The SMILES string of the molecule is CN=C(NCC1CCN(c2ccc(F)c(F)c2)C1)NCC(C(C)C)N1CCOCC1.I. The minimum Gasteiger partial charge on any atom is -0.379 e. The zero-order valence-electron chi connectivity index (χ0n) is 18.7. The fourth-order valence-electron chi connectivity index (χ4n) is 4.27. The van der Waals surface area contributed by atoms with Crippen molar-refractivity contribution in [3.63, 3.8) is 0 Å². The van der Waals surface area contributed by atoms with Crippen molar-refractivity contribution in [2.75, 3.05) is 64.4 Å². The Balaban J connectivity index is 0.00000341. The molecule has 0 saturated carbocycles. The number of ether oxygens (including phenoxy) is 1. The lowest BCUT2D eigenvalue weighted by atomic mass is 10.0. The van der Waals surface area contributed by atoms with Gasteiger partial charge in [0.05, 0.1) is 13.2 Å². The fraction of sp³-hybridized carbons (Fsp3) is 0.682. The number of benzene rings is 1. The van der Waals surface area contributed by atoms with Gasteiger partial charge in [-0.25, -0.2) is 8.78 Å². The topological polar surface area (TPSA) is 52.1 Å². The lowest BCUT2D eigenvalue weighted by Crippen LogP contribution is -2.52. The molecule has 0 bridgehead atoms. The van der Waals surface area contributed by atoms with Gasteiger partial charge in [-0.15, -0.1) is 24.0 Å². The predicted octanol–water partition coefficient (Wildman–Crippen LogP) is 2.93. The van der Waals surface area contributed by atoms with Gasteiger partial charge in [-0.1, -0.05) is 13.8 Å². The van der Waals surface area contributed by atoms with Crippen molar-refractivity contribution >= 4 is 35.6 Å². The molecule has 1 aromatic rings. The summed E-state index contributed by atoms with van der Waals surface area (Å²) in [5.74, 6) is 0.173. The van der Waals surface area contributed by atoms with Crippen LogP contribution in [0.4, 0.5) is 14.5 Å². The molecule has 2 atom stereocenters. The van der Waals surface area contributed by atoms with E-state index < -0.39 is 11.6 Å².